The van der Waals surface area contributed by atoms with Gasteiger partial charge in [0.15, 0.2) is 0 Å². The minimum Gasteiger partial charge on any atom is -0.508 e. The normalized spacial score (nSPS) is 9.66. The number of phenols is 5. The molecule has 7 rings (SSSR count). The Morgan fingerprint density at radius 2 is 0.873 bits per heavy atom. The second-order valence-electron chi connectivity index (χ2n) is 16.6. The highest BCUT2D eigenvalue weighted by atomic mass is 16.5. The lowest BCUT2D eigenvalue weighted by Gasteiger charge is -2.04. The third-order valence-electron chi connectivity index (χ3n) is 11.2. The number of rotatable bonds is 8. The number of esters is 1. The van der Waals surface area contributed by atoms with E-state index in [0.717, 1.165) is 71.2 Å². The lowest BCUT2D eigenvalue weighted by Crippen LogP contribution is -2.00. The van der Waals surface area contributed by atoms with Crippen LogP contribution in [0.5, 0.6) is 34.5 Å². The van der Waals surface area contributed by atoms with Crippen LogP contribution in [0, 0.1) is 41.5 Å². The van der Waals surface area contributed by atoms with Crippen molar-refractivity contribution in [2.24, 2.45) is 0 Å². The van der Waals surface area contributed by atoms with Crippen LogP contribution in [0.3, 0.4) is 0 Å². The van der Waals surface area contributed by atoms with Gasteiger partial charge in [-0.15, -0.1) is 0 Å². The number of aryl methyl sites for hydroxylation is 11. The van der Waals surface area contributed by atoms with Crippen molar-refractivity contribution in [3.63, 3.8) is 0 Å². The summed E-state index contributed by atoms with van der Waals surface area (Å²) in [5.41, 5.74) is 14.2. The molecule has 0 amide bonds. The summed E-state index contributed by atoms with van der Waals surface area (Å²) in [4.78, 5) is 10.9. The van der Waals surface area contributed by atoms with Crippen molar-refractivity contribution in [1.82, 2.24) is 0 Å². The SMILES string of the molecule is CCc1cc(C)ccc1C.CCc1cc(C)ccc1CO.CCc1cc(C)ccc1O.CCc1cccc(C)c1O.CCc1cccc(C)c1O.COC(=O)c1ccccc1O.COc1ccc(O)cc1. The molecule has 0 fully saturated rings. The van der Waals surface area contributed by atoms with Crippen LogP contribution in [-0.4, -0.2) is 50.8 Å². The molecule has 0 spiro atoms. The summed E-state index contributed by atoms with van der Waals surface area (Å²) in [6, 6.07) is 42.9. The molecule has 9 heteroatoms. The first-order valence-corrected chi connectivity index (χ1v) is 24.1. The van der Waals surface area contributed by atoms with Gasteiger partial charge in [-0.2, -0.15) is 0 Å². The molecule has 382 valence electrons. The van der Waals surface area contributed by atoms with E-state index in [1.165, 1.54) is 52.6 Å². The second kappa shape index (κ2) is 34.1. The Balaban J connectivity index is 0.000000414. The number of aliphatic hydroxyl groups is 1. The van der Waals surface area contributed by atoms with Gasteiger partial charge in [-0.25, -0.2) is 4.79 Å². The number of aromatic hydroxyl groups is 5. The molecule has 0 saturated heterocycles. The van der Waals surface area contributed by atoms with Crippen molar-refractivity contribution in [2.75, 3.05) is 14.2 Å². The van der Waals surface area contributed by atoms with Crippen LogP contribution < -0.4 is 4.74 Å². The standard InChI is InChI=1S/C10H14O.C10H14.3C9H12O.C8H8O3.C7H8O2/c1-3-9-6-8(2)4-5-10(9)7-11;1-4-10-7-8(2)5-6-9(10)3;1-3-8-6-7(2)4-5-9(8)10;2*1-3-8-6-4-5-7(2)9(8)10;1-11-8(10)6-4-2-3-5-7(6)9;1-9-7-4-2-6(8)3-5-7/h4-6,11H,3,7H2,1-2H3;5-7H,4H2,1-3H3;3*4-6,10H,3H2,1-2H3;2-5,9H,1H3;2-5,8H,1H3. The van der Waals surface area contributed by atoms with Crippen molar-refractivity contribution in [2.45, 2.75) is 115 Å². The predicted molar refractivity (Wildman–Crippen MR) is 293 cm³/mol. The minimum atomic E-state index is -0.525. The van der Waals surface area contributed by atoms with E-state index in [4.69, 9.17) is 20.1 Å². The number of phenolic OH excluding ortho intramolecular Hbond substituents is 5. The molecule has 9 nitrogen and oxygen atoms in total. The molecular formula is C62H80O9. The van der Waals surface area contributed by atoms with Crippen molar-refractivity contribution in [3.05, 3.63) is 212 Å². The van der Waals surface area contributed by atoms with Crippen LogP contribution in [-0.2, 0) is 43.4 Å². The fourth-order valence-corrected chi connectivity index (χ4v) is 6.77. The lowest BCUT2D eigenvalue weighted by molar-refractivity contribution is 0.0597. The van der Waals surface area contributed by atoms with E-state index in [-0.39, 0.29) is 23.7 Å². The molecular weight excluding hydrogens is 889 g/mol. The van der Waals surface area contributed by atoms with E-state index in [1.807, 2.05) is 102 Å². The highest BCUT2D eigenvalue weighted by Crippen LogP contribution is 2.23. The molecule has 0 heterocycles. The predicted octanol–water partition coefficient (Wildman–Crippen LogP) is 14.3. The van der Waals surface area contributed by atoms with Crippen LogP contribution in [0.4, 0.5) is 0 Å². The Morgan fingerprint density at radius 1 is 0.423 bits per heavy atom. The highest BCUT2D eigenvalue weighted by molar-refractivity contribution is 5.92. The minimum absolute atomic E-state index is 0.0562. The van der Waals surface area contributed by atoms with Crippen LogP contribution in [0.1, 0.15) is 112 Å². The smallest absolute Gasteiger partial charge is 0.341 e. The van der Waals surface area contributed by atoms with Crippen LogP contribution in [0.25, 0.3) is 0 Å². The molecule has 0 radical (unpaired) electrons. The number of para-hydroxylation sites is 3. The molecule has 0 saturated carbocycles. The molecule has 0 aliphatic heterocycles. The number of methoxy groups -OCH3 is 2. The van der Waals surface area contributed by atoms with Gasteiger partial charge >= 0.3 is 5.97 Å². The monoisotopic (exact) mass is 969 g/mol. The number of carbonyl (C=O) groups excluding carboxylic acids is 1. The molecule has 71 heavy (non-hydrogen) atoms. The number of aliphatic hydroxyl groups excluding tert-OH is 1. The summed E-state index contributed by atoms with van der Waals surface area (Å²) < 4.78 is 9.28. The zero-order chi connectivity index (χ0) is 53.5. The van der Waals surface area contributed by atoms with Gasteiger partial charge in [-0.05, 0) is 166 Å². The lowest BCUT2D eigenvalue weighted by atomic mass is 10.0. The topological polar surface area (TPSA) is 157 Å². The van der Waals surface area contributed by atoms with Gasteiger partial charge in [-0.1, -0.05) is 148 Å². The maximum Gasteiger partial charge on any atom is 0.341 e. The fraction of sp³-hybridized carbons (Fsp3) is 0.306. The first kappa shape index (κ1) is 61.8. The average Bonchev–Trinajstić information content (AvgIpc) is 3.38. The molecule has 0 aliphatic carbocycles. The Labute approximate surface area is 424 Å². The van der Waals surface area contributed by atoms with Crippen molar-refractivity contribution < 1.29 is 44.9 Å². The van der Waals surface area contributed by atoms with E-state index >= 15 is 0 Å². The van der Waals surface area contributed by atoms with Gasteiger partial charge in [0.1, 0.15) is 40.1 Å². The van der Waals surface area contributed by atoms with Gasteiger partial charge in [0.25, 0.3) is 0 Å². The Morgan fingerprint density at radius 3 is 1.28 bits per heavy atom. The van der Waals surface area contributed by atoms with E-state index < -0.39 is 5.97 Å². The van der Waals surface area contributed by atoms with Gasteiger partial charge in [0, 0.05) is 0 Å². The molecule has 6 N–H and O–H groups in total. The van der Waals surface area contributed by atoms with E-state index in [2.05, 4.69) is 63.6 Å². The number of hydrogen-bond acceptors (Lipinski definition) is 9. The molecule has 0 aromatic heterocycles. The largest absolute Gasteiger partial charge is 0.508 e. The van der Waals surface area contributed by atoms with Crippen molar-refractivity contribution in [1.29, 1.82) is 0 Å². The third kappa shape index (κ3) is 22.8. The number of carbonyl (C=O) groups is 1. The van der Waals surface area contributed by atoms with Crippen molar-refractivity contribution >= 4 is 5.97 Å². The first-order valence-electron chi connectivity index (χ1n) is 24.1. The molecule has 7 aromatic rings. The summed E-state index contributed by atoms with van der Waals surface area (Å²) in [5, 5.41) is 54.9. The summed E-state index contributed by atoms with van der Waals surface area (Å²) in [6.07, 6.45) is 4.83. The Hall–Kier alpha value is -7.23. The summed E-state index contributed by atoms with van der Waals surface area (Å²) in [6.45, 7) is 22.8. The highest BCUT2D eigenvalue weighted by Gasteiger charge is 2.08. The van der Waals surface area contributed by atoms with Crippen LogP contribution in [0.2, 0.25) is 0 Å². The summed E-state index contributed by atoms with van der Waals surface area (Å²) >= 11 is 0. The van der Waals surface area contributed by atoms with Gasteiger partial charge in [-0.3, -0.25) is 0 Å². The maximum atomic E-state index is 10.9. The number of ether oxygens (including phenoxy) is 2. The zero-order valence-corrected chi connectivity index (χ0v) is 44.4. The summed E-state index contributed by atoms with van der Waals surface area (Å²) in [5.74, 6) is 1.74. The molecule has 0 aliphatic rings. The summed E-state index contributed by atoms with van der Waals surface area (Å²) in [7, 11) is 2.86. The van der Waals surface area contributed by atoms with Gasteiger partial charge < -0.3 is 40.1 Å². The second-order valence-corrected chi connectivity index (χ2v) is 16.6. The third-order valence-corrected chi connectivity index (χ3v) is 11.2. The Bertz CT molecular complexity index is 2510. The average molecular weight is 969 g/mol. The molecule has 0 atom stereocenters. The number of hydrogen-bond donors (Lipinski definition) is 6. The van der Waals surface area contributed by atoms with Crippen molar-refractivity contribution in [3.8, 4) is 34.5 Å². The molecule has 0 unspecified atom stereocenters. The van der Waals surface area contributed by atoms with E-state index in [9.17, 15) is 20.1 Å². The van der Waals surface area contributed by atoms with Gasteiger partial charge in [0.2, 0.25) is 0 Å². The molecule has 0 bridgehead atoms. The van der Waals surface area contributed by atoms with Crippen LogP contribution in [0.15, 0.2) is 140 Å². The van der Waals surface area contributed by atoms with E-state index in [1.54, 1.807) is 49.6 Å². The Kier molecular flexibility index (Phi) is 29.7. The first-order chi connectivity index (χ1) is 33.8. The quantitative estimate of drug-likeness (QED) is 0.0816. The zero-order valence-electron chi connectivity index (χ0n) is 44.4. The molecule has 7 aromatic carbocycles. The van der Waals surface area contributed by atoms with Crippen LogP contribution >= 0.6 is 0 Å². The maximum absolute atomic E-state index is 10.9. The fourth-order valence-electron chi connectivity index (χ4n) is 6.77. The van der Waals surface area contributed by atoms with Gasteiger partial charge in [0.05, 0.1) is 20.8 Å². The van der Waals surface area contributed by atoms with E-state index in [0.29, 0.717) is 17.2 Å². The number of benzene rings is 7.